The Balaban J connectivity index is 2.03. The molecule has 0 heterocycles. The number of alkyl halides is 4. The van der Waals surface area contributed by atoms with E-state index in [1.165, 1.54) is 0 Å². The average Bonchev–Trinajstić information content (AvgIpc) is 2.72. The molecule has 2 atom stereocenters. The van der Waals surface area contributed by atoms with Crippen molar-refractivity contribution in [1.82, 2.24) is 0 Å². The normalized spacial score (nSPS) is 26.2. The van der Waals surface area contributed by atoms with Crippen LogP contribution in [0.25, 0.3) is 0 Å². The molecule has 1 fully saturated rings. The Bertz CT molecular complexity index is 793. The third kappa shape index (κ3) is 3.01. The van der Waals surface area contributed by atoms with Crippen LogP contribution in [0.3, 0.4) is 0 Å². The summed E-state index contributed by atoms with van der Waals surface area (Å²) in [5.41, 5.74) is -5.99. The van der Waals surface area contributed by atoms with Crippen LogP contribution >= 0.6 is 0 Å². The molecule has 0 spiro atoms. The first-order valence-corrected chi connectivity index (χ1v) is 9.28. The van der Waals surface area contributed by atoms with Crippen LogP contribution in [0.15, 0.2) is 17.0 Å². The molecule has 0 saturated heterocycles. The van der Waals surface area contributed by atoms with E-state index in [4.69, 9.17) is 4.74 Å². The Kier molecular flexibility index (Phi) is 4.11. The second kappa shape index (κ2) is 5.57. The van der Waals surface area contributed by atoms with Gasteiger partial charge in [0.15, 0.2) is 0 Å². The van der Waals surface area contributed by atoms with Gasteiger partial charge in [-0.2, -0.15) is 13.2 Å². The predicted molar refractivity (Wildman–Crippen MR) is 80.7 cm³/mol. The van der Waals surface area contributed by atoms with Crippen molar-refractivity contribution in [3.05, 3.63) is 23.3 Å². The molecule has 140 valence electrons. The molecular formula is C16H18F4O4S. The topological polar surface area (TPSA) is 63.6 Å². The van der Waals surface area contributed by atoms with E-state index in [0.717, 1.165) is 25.0 Å². The van der Waals surface area contributed by atoms with E-state index in [-0.39, 0.29) is 29.3 Å². The summed E-state index contributed by atoms with van der Waals surface area (Å²) in [5, 5.41) is 9.91. The van der Waals surface area contributed by atoms with Crippen molar-refractivity contribution < 1.29 is 35.8 Å². The van der Waals surface area contributed by atoms with Crippen molar-refractivity contribution in [2.45, 2.75) is 61.9 Å². The van der Waals surface area contributed by atoms with Crippen molar-refractivity contribution in [3.8, 4) is 5.75 Å². The molecule has 3 rings (SSSR count). The van der Waals surface area contributed by atoms with Crippen LogP contribution in [0, 0.1) is 5.41 Å². The van der Waals surface area contributed by atoms with Crippen LogP contribution in [-0.4, -0.2) is 31.3 Å². The molecule has 0 aliphatic heterocycles. The Morgan fingerprint density at radius 1 is 1.24 bits per heavy atom. The second-order valence-electron chi connectivity index (χ2n) is 7.38. The van der Waals surface area contributed by atoms with Gasteiger partial charge < -0.3 is 9.84 Å². The summed E-state index contributed by atoms with van der Waals surface area (Å²) in [7, 11) is -5.70. The summed E-state index contributed by atoms with van der Waals surface area (Å²) in [5.74, 6) is 0.135. The molecule has 1 aromatic rings. The summed E-state index contributed by atoms with van der Waals surface area (Å²) >= 11 is 0. The van der Waals surface area contributed by atoms with Gasteiger partial charge in [0.25, 0.3) is 9.84 Å². The van der Waals surface area contributed by atoms with Crippen LogP contribution in [-0.2, 0) is 16.3 Å². The highest BCUT2D eigenvalue weighted by Gasteiger charge is 2.51. The number of hydrogen-bond donors (Lipinski definition) is 1. The summed E-state index contributed by atoms with van der Waals surface area (Å²) in [6.45, 7) is 4.08. The molecule has 9 heteroatoms. The Morgan fingerprint density at radius 3 is 2.36 bits per heavy atom. The van der Waals surface area contributed by atoms with E-state index in [2.05, 4.69) is 0 Å². The Hall–Kier alpha value is -1.35. The van der Waals surface area contributed by atoms with Gasteiger partial charge >= 0.3 is 5.51 Å². The van der Waals surface area contributed by atoms with Crippen LogP contribution < -0.4 is 4.74 Å². The highest BCUT2D eigenvalue weighted by Crippen LogP contribution is 2.47. The van der Waals surface area contributed by atoms with Gasteiger partial charge in [-0.25, -0.2) is 12.8 Å². The molecule has 4 nitrogen and oxygen atoms in total. The summed E-state index contributed by atoms with van der Waals surface area (Å²) < 4.78 is 81.8. The SMILES string of the molecule is CC1(C)CC(Oc2ccc(S(=O)(=O)C(F)(F)F)c3c2C[C@@H](F)[C@H]3O)C1. The summed E-state index contributed by atoms with van der Waals surface area (Å²) in [4.78, 5) is -1.11. The molecule has 0 aromatic heterocycles. The van der Waals surface area contributed by atoms with Crippen LogP contribution in [0.1, 0.15) is 43.9 Å². The molecule has 2 aliphatic carbocycles. The number of hydrogen-bond acceptors (Lipinski definition) is 4. The number of rotatable bonds is 3. The van der Waals surface area contributed by atoms with Gasteiger partial charge in [-0.3, -0.25) is 0 Å². The molecule has 0 amide bonds. The average molecular weight is 382 g/mol. The van der Waals surface area contributed by atoms with Crippen molar-refractivity contribution in [2.75, 3.05) is 0 Å². The zero-order valence-corrected chi connectivity index (χ0v) is 14.4. The lowest BCUT2D eigenvalue weighted by atomic mass is 9.70. The quantitative estimate of drug-likeness (QED) is 0.813. The van der Waals surface area contributed by atoms with Gasteiger partial charge in [0.2, 0.25) is 0 Å². The molecule has 0 radical (unpaired) electrons. The number of aliphatic hydroxyl groups excluding tert-OH is 1. The molecule has 0 bridgehead atoms. The van der Waals surface area contributed by atoms with E-state index in [1.54, 1.807) is 0 Å². The lowest BCUT2D eigenvalue weighted by Crippen LogP contribution is -2.40. The van der Waals surface area contributed by atoms with Crippen molar-refractivity contribution in [1.29, 1.82) is 0 Å². The van der Waals surface area contributed by atoms with Gasteiger partial charge in [0.1, 0.15) is 18.0 Å². The first-order valence-electron chi connectivity index (χ1n) is 7.79. The zero-order valence-electron chi connectivity index (χ0n) is 13.6. The Morgan fingerprint density at radius 2 is 1.84 bits per heavy atom. The number of halogens is 4. The van der Waals surface area contributed by atoms with Gasteiger partial charge in [-0.05, 0) is 30.4 Å². The monoisotopic (exact) mass is 382 g/mol. The number of aliphatic hydroxyl groups is 1. The Labute approximate surface area is 142 Å². The number of ether oxygens (including phenoxy) is 1. The molecule has 1 N–H and O–H groups in total. The fourth-order valence-corrected chi connectivity index (χ4v) is 4.58. The largest absolute Gasteiger partial charge is 0.501 e. The van der Waals surface area contributed by atoms with E-state index in [0.29, 0.717) is 0 Å². The second-order valence-corrected chi connectivity index (χ2v) is 9.29. The summed E-state index contributed by atoms with van der Waals surface area (Å²) in [6, 6.07) is 1.86. The highest BCUT2D eigenvalue weighted by molar-refractivity contribution is 7.92. The van der Waals surface area contributed by atoms with E-state index < -0.39 is 38.1 Å². The minimum atomic E-state index is -5.70. The van der Waals surface area contributed by atoms with Crippen LogP contribution in [0.5, 0.6) is 5.75 Å². The third-order valence-corrected chi connectivity index (χ3v) is 6.30. The first kappa shape index (κ1) is 18.4. The van der Waals surface area contributed by atoms with Crippen molar-refractivity contribution in [3.63, 3.8) is 0 Å². The minimum absolute atomic E-state index is 0.00460. The maximum atomic E-state index is 13.9. The van der Waals surface area contributed by atoms with Gasteiger partial charge in [0.05, 0.1) is 11.0 Å². The standard InChI is InChI=1S/C16H18F4O4S/c1-15(2)6-8(7-15)24-11-3-4-12(25(22,23)16(18,19)20)13-9(11)5-10(17)14(13)21/h3-4,8,10,14,21H,5-7H2,1-2H3/t10-,14-/m1/s1. The zero-order chi connectivity index (χ0) is 18.8. The van der Waals surface area contributed by atoms with Crippen LogP contribution in [0.2, 0.25) is 0 Å². The highest BCUT2D eigenvalue weighted by atomic mass is 32.2. The number of fused-ring (bicyclic) bond motifs is 1. The van der Waals surface area contributed by atoms with E-state index in [1.807, 2.05) is 13.8 Å². The fourth-order valence-electron chi connectivity index (χ4n) is 3.55. The first-order chi connectivity index (χ1) is 11.3. The maximum absolute atomic E-state index is 13.9. The van der Waals surface area contributed by atoms with Gasteiger partial charge in [0, 0.05) is 17.5 Å². The molecule has 1 saturated carbocycles. The lowest BCUT2D eigenvalue weighted by molar-refractivity contribution is -0.0437. The van der Waals surface area contributed by atoms with E-state index >= 15 is 0 Å². The molecule has 2 aliphatic rings. The molecular weight excluding hydrogens is 364 g/mol. The lowest BCUT2D eigenvalue weighted by Gasteiger charge is -2.42. The smallest absolute Gasteiger partial charge is 0.490 e. The molecule has 1 aromatic carbocycles. The maximum Gasteiger partial charge on any atom is 0.501 e. The van der Waals surface area contributed by atoms with Gasteiger partial charge in [-0.1, -0.05) is 13.8 Å². The molecule has 0 unspecified atom stereocenters. The van der Waals surface area contributed by atoms with Crippen molar-refractivity contribution >= 4 is 9.84 Å². The number of sulfone groups is 1. The van der Waals surface area contributed by atoms with Gasteiger partial charge in [-0.15, -0.1) is 0 Å². The van der Waals surface area contributed by atoms with Crippen molar-refractivity contribution in [2.24, 2.45) is 5.41 Å². The van der Waals surface area contributed by atoms with E-state index in [9.17, 15) is 31.1 Å². The fraction of sp³-hybridized carbons (Fsp3) is 0.625. The predicted octanol–water partition coefficient (Wildman–Crippen LogP) is 3.48. The minimum Gasteiger partial charge on any atom is -0.490 e. The number of benzene rings is 1. The third-order valence-electron chi connectivity index (χ3n) is 4.76. The molecule has 25 heavy (non-hydrogen) atoms. The van der Waals surface area contributed by atoms with Crippen LogP contribution in [0.4, 0.5) is 17.6 Å². The summed E-state index contributed by atoms with van der Waals surface area (Å²) in [6.07, 6.45) is -2.90.